The van der Waals surface area contributed by atoms with E-state index in [4.69, 9.17) is 21.1 Å². The van der Waals surface area contributed by atoms with Gasteiger partial charge in [-0.15, -0.1) is 0 Å². The number of hydrogen-bond acceptors (Lipinski definition) is 4. The van der Waals surface area contributed by atoms with Crippen LogP contribution in [0, 0.1) is 0 Å². The van der Waals surface area contributed by atoms with Crippen LogP contribution in [0.25, 0.3) is 0 Å². The number of ether oxygens (including phenoxy) is 2. The van der Waals surface area contributed by atoms with Gasteiger partial charge in [-0.1, -0.05) is 17.7 Å². The zero-order valence-corrected chi connectivity index (χ0v) is 12.6. The Kier molecular flexibility index (Phi) is 5.17. The lowest BCUT2D eigenvalue weighted by Gasteiger charge is -2.10. The zero-order chi connectivity index (χ0) is 15.2. The Bertz CT molecular complexity index is 628. The molecule has 0 radical (unpaired) electrons. The fraction of sp³-hybridized carbons (Fsp3) is 0.250. The minimum atomic E-state index is -0.170. The molecule has 0 saturated carbocycles. The van der Waals surface area contributed by atoms with E-state index < -0.39 is 0 Å². The van der Waals surface area contributed by atoms with Crippen LogP contribution in [0.4, 0.5) is 0 Å². The van der Waals surface area contributed by atoms with E-state index in [1.807, 2.05) is 13.8 Å². The van der Waals surface area contributed by atoms with Crippen LogP contribution in [-0.4, -0.2) is 23.5 Å². The number of benzene rings is 1. The summed E-state index contributed by atoms with van der Waals surface area (Å²) in [5, 5.41) is 0.564. The van der Waals surface area contributed by atoms with Crippen LogP contribution in [0.3, 0.4) is 0 Å². The van der Waals surface area contributed by atoms with Gasteiger partial charge >= 0.3 is 0 Å². The average molecular weight is 306 g/mol. The van der Waals surface area contributed by atoms with Crippen LogP contribution in [0.1, 0.15) is 24.2 Å². The van der Waals surface area contributed by atoms with Crippen molar-refractivity contribution in [2.24, 2.45) is 0 Å². The molecule has 0 aliphatic rings. The van der Waals surface area contributed by atoms with Crippen LogP contribution >= 0.6 is 11.6 Å². The molecule has 0 fully saturated rings. The first kappa shape index (κ1) is 15.3. The predicted octanol–water partition coefficient (Wildman–Crippen LogP) is 3.78. The van der Waals surface area contributed by atoms with Crippen molar-refractivity contribution in [2.45, 2.75) is 20.0 Å². The summed E-state index contributed by atoms with van der Waals surface area (Å²) in [6.07, 6.45) is 3.10. The van der Waals surface area contributed by atoms with Gasteiger partial charge in [0, 0.05) is 16.8 Å². The lowest BCUT2D eigenvalue weighted by molar-refractivity contribution is 0.0920. The Morgan fingerprint density at radius 3 is 2.76 bits per heavy atom. The summed E-state index contributed by atoms with van der Waals surface area (Å²) in [6.45, 7) is 3.75. The van der Waals surface area contributed by atoms with Crippen molar-refractivity contribution in [2.75, 3.05) is 6.61 Å². The van der Waals surface area contributed by atoms with Gasteiger partial charge in [-0.3, -0.25) is 9.78 Å². The van der Waals surface area contributed by atoms with E-state index in [1.165, 1.54) is 6.20 Å². The molecule has 1 aromatic carbocycles. The lowest BCUT2D eigenvalue weighted by atomic mass is 10.2. The lowest BCUT2D eigenvalue weighted by Crippen LogP contribution is -2.13. The molecule has 5 heteroatoms. The van der Waals surface area contributed by atoms with Crippen LogP contribution < -0.4 is 9.47 Å². The smallest absolute Gasteiger partial charge is 0.201 e. The molecule has 0 atom stereocenters. The number of rotatable bonds is 6. The molecule has 0 unspecified atom stereocenters. The third kappa shape index (κ3) is 4.76. The summed E-state index contributed by atoms with van der Waals surface area (Å²) in [6, 6.07) is 8.57. The molecule has 0 aliphatic carbocycles. The highest BCUT2D eigenvalue weighted by atomic mass is 35.5. The van der Waals surface area contributed by atoms with E-state index in [-0.39, 0.29) is 18.5 Å². The first-order chi connectivity index (χ1) is 10.0. The molecular weight excluding hydrogens is 290 g/mol. The van der Waals surface area contributed by atoms with Crippen LogP contribution in [-0.2, 0) is 0 Å². The molecule has 4 nitrogen and oxygen atoms in total. The second kappa shape index (κ2) is 7.09. The van der Waals surface area contributed by atoms with Crippen LogP contribution in [0.15, 0.2) is 42.7 Å². The van der Waals surface area contributed by atoms with Gasteiger partial charge in [0.05, 0.1) is 12.3 Å². The topological polar surface area (TPSA) is 48.4 Å². The van der Waals surface area contributed by atoms with Crippen molar-refractivity contribution in [1.29, 1.82) is 0 Å². The van der Waals surface area contributed by atoms with Crippen molar-refractivity contribution in [3.8, 4) is 11.5 Å². The molecule has 0 spiro atoms. The summed E-state index contributed by atoms with van der Waals surface area (Å²) in [5.41, 5.74) is 0.454. The van der Waals surface area contributed by atoms with Crippen molar-refractivity contribution < 1.29 is 14.3 Å². The van der Waals surface area contributed by atoms with E-state index >= 15 is 0 Å². The third-order valence-corrected chi connectivity index (χ3v) is 2.81. The molecule has 0 aliphatic heterocycles. The van der Waals surface area contributed by atoms with Crippen molar-refractivity contribution >= 4 is 17.4 Å². The van der Waals surface area contributed by atoms with Crippen molar-refractivity contribution in [3.05, 3.63) is 53.3 Å². The maximum absolute atomic E-state index is 12.1. The summed E-state index contributed by atoms with van der Waals surface area (Å²) in [4.78, 5) is 16.1. The molecule has 0 saturated heterocycles. The second-order valence-electron chi connectivity index (χ2n) is 4.75. The number of nitrogens with zero attached hydrogens (tertiary/aromatic N) is 1. The van der Waals surface area contributed by atoms with Gasteiger partial charge in [-0.2, -0.15) is 0 Å². The SMILES string of the molecule is CC(C)Oc1cncc(C(=O)COc2cccc(Cl)c2)c1. The average Bonchev–Trinajstić information content (AvgIpc) is 2.44. The predicted molar refractivity (Wildman–Crippen MR) is 81.3 cm³/mol. The summed E-state index contributed by atoms with van der Waals surface area (Å²) >= 11 is 5.85. The Morgan fingerprint density at radius 2 is 2.05 bits per heavy atom. The normalized spacial score (nSPS) is 10.5. The van der Waals surface area contributed by atoms with Crippen LogP contribution in [0.5, 0.6) is 11.5 Å². The number of carbonyl (C=O) groups excluding carboxylic acids is 1. The first-order valence-corrected chi connectivity index (χ1v) is 6.95. The van der Waals surface area contributed by atoms with Crippen LogP contribution in [0.2, 0.25) is 5.02 Å². The Labute approximate surface area is 128 Å². The van der Waals surface area contributed by atoms with Gasteiger partial charge in [-0.05, 0) is 38.1 Å². The highest BCUT2D eigenvalue weighted by Gasteiger charge is 2.09. The zero-order valence-electron chi connectivity index (χ0n) is 11.9. The maximum Gasteiger partial charge on any atom is 0.201 e. The molecule has 2 aromatic rings. The fourth-order valence-corrected chi connectivity index (χ4v) is 1.88. The minimum absolute atomic E-state index is 0.0277. The number of carbonyl (C=O) groups is 1. The molecular formula is C16H16ClNO3. The fourth-order valence-electron chi connectivity index (χ4n) is 1.70. The van der Waals surface area contributed by atoms with Crippen molar-refractivity contribution in [3.63, 3.8) is 0 Å². The quantitative estimate of drug-likeness (QED) is 0.762. The third-order valence-electron chi connectivity index (χ3n) is 2.57. The Morgan fingerprint density at radius 1 is 1.24 bits per heavy atom. The summed E-state index contributed by atoms with van der Waals surface area (Å²) in [7, 11) is 0. The standard InChI is InChI=1S/C16H16ClNO3/c1-11(2)21-15-6-12(8-18-9-15)16(19)10-20-14-5-3-4-13(17)7-14/h3-9,11H,10H2,1-2H3. The number of hydrogen-bond donors (Lipinski definition) is 0. The summed E-state index contributed by atoms with van der Waals surface area (Å²) in [5.74, 6) is 0.952. The van der Waals surface area contributed by atoms with Crippen molar-refractivity contribution in [1.82, 2.24) is 4.98 Å². The van der Waals surface area contributed by atoms with Gasteiger partial charge in [0.15, 0.2) is 6.61 Å². The van der Waals surface area contributed by atoms with Gasteiger partial charge in [-0.25, -0.2) is 0 Å². The molecule has 0 bridgehead atoms. The van der Waals surface area contributed by atoms with E-state index in [9.17, 15) is 4.79 Å². The molecule has 2 rings (SSSR count). The molecule has 110 valence electrons. The van der Waals surface area contributed by atoms with Gasteiger partial charge in [0.25, 0.3) is 0 Å². The summed E-state index contributed by atoms with van der Waals surface area (Å²) < 4.78 is 10.9. The van der Waals surface area contributed by atoms with E-state index in [1.54, 1.807) is 36.5 Å². The number of Topliss-reactive ketones (excluding diaryl/α,β-unsaturated/α-hetero) is 1. The highest BCUT2D eigenvalue weighted by molar-refractivity contribution is 6.30. The maximum atomic E-state index is 12.1. The first-order valence-electron chi connectivity index (χ1n) is 6.58. The Hall–Kier alpha value is -2.07. The molecule has 21 heavy (non-hydrogen) atoms. The molecule has 1 aromatic heterocycles. The molecule has 1 heterocycles. The van der Waals surface area contributed by atoms with E-state index in [0.717, 1.165) is 0 Å². The number of pyridine rings is 1. The largest absolute Gasteiger partial charge is 0.489 e. The number of halogens is 1. The van der Waals surface area contributed by atoms with Gasteiger partial charge in [0.1, 0.15) is 11.5 Å². The molecule has 0 N–H and O–H groups in total. The van der Waals surface area contributed by atoms with E-state index in [2.05, 4.69) is 4.98 Å². The number of aromatic nitrogens is 1. The highest BCUT2D eigenvalue weighted by Crippen LogP contribution is 2.18. The minimum Gasteiger partial charge on any atom is -0.489 e. The van der Waals surface area contributed by atoms with Gasteiger partial charge < -0.3 is 9.47 Å². The van der Waals surface area contributed by atoms with Gasteiger partial charge in [0.2, 0.25) is 5.78 Å². The second-order valence-corrected chi connectivity index (χ2v) is 5.18. The number of ketones is 1. The molecule has 0 amide bonds. The Balaban J connectivity index is 2.00. The monoisotopic (exact) mass is 305 g/mol. The van der Waals surface area contributed by atoms with E-state index in [0.29, 0.717) is 22.1 Å².